The van der Waals surface area contributed by atoms with E-state index >= 15 is 0 Å². The third kappa shape index (κ3) is 3.70. The molecule has 0 radical (unpaired) electrons. The van der Waals surface area contributed by atoms with E-state index in [1.165, 1.54) is 6.42 Å². The van der Waals surface area contributed by atoms with Crippen molar-refractivity contribution in [2.75, 3.05) is 26.7 Å². The molecule has 1 aliphatic heterocycles. The highest BCUT2D eigenvalue weighted by molar-refractivity contribution is 9.10. The first-order valence-corrected chi connectivity index (χ1v) is 9.14. The Bertz CT molecular complexity index is 708. The Kier molecular flexibility index (Phi) is 5.36. The molecule has 1 aromatic heterocycles. The quantitative estimate of drug-likeness (QED) is 0.872. The Morgan fingerprint density at radius 1 is 1.38 bits per heavy atom. The van der Waals surface area contributed by atoms with E-state index in [4.69, 9.17) is 0 Å². The SMILES string of the molecule is CNCC1CCCN(C(=O)c2cc(C)n(-c3ccc(Br)cc3)n2)C1. The zero-order chi connectivity index (χ0) is 17.1. The molecule has 1 saturated heterocycles. The van der Waals surface area contributed by atoms with Crippen molar-refractivity contribution in [3.8, 4) is 5.69 Å². The van der Waals surface area contributed by atoms with Crippen LogP contribution in [0.3, 0.4) is 0 Å². The van der Waals surface area contributed by atoms with Crippen LogP contribution < -0.4 is 5.32 Å². The fraction of sp³-hybridized carbons (Fsp3) is 0.444. The van der Waals surface area contributed by atoms with E-state index in [1.54, 1.807) is 0 Å². The van der Waals surface area contributed by atoms with Crippen LogP contribution >= 0.6 is 15.9 Å². The van der Waals surface area contributed by atoms with Crippen molar-refractivity contribution in [2.45, 2.75) is 19.8 Å². The smallest absolute Gasteiger partial charge is 0.274 e. The van der Waals surface area contributed by atoms with Crippen LogP contribution in [0.15, 0.2) is 34.8 Å². The molecule has 1 fully saturated rings. The van der Waals surface area contributed by atoms with Gasteiger partial charge in [-0.1, -0.05) is 15.9 Å². The monoisotopic (exact) mass is 390 g/mol. The van der Waals surface area contributed by atoms with Gasteiger partial charge in [0, 0.05) is 23.3 Å². The molecule has 1 amide bonds. The minimum Gasteiger partial charge on any atom is -0.337 e. The average molecular weight is 391 g/mol. The average Bonchev–Trinajstić information content (AvgIpc) is 2.97. The molecule has 0 bridgehead atoms. The lowest BCUT2D eigenvalue weighted by Crippen LogP contribution is -2.42. The zero-order valence-corrected chi connectivity index (χ0v) is 15.7. The van der Waals surface area contributed by atoms with Crippen LogP contribution in [0.5, 0.6) is 0 Å². The van der Waals surface area contributed by atoms with Crippen LogP contribution in [0.1, 0.15) is 29.0 Å². The summed E-state index contributed by atoms with van der Waals surface area (Å²) >= 11 is 3.44. The molecule has 1 aromatic carbocycles. The van der Waals surface area contributed by atoms with Gasteiger partial charge >= 0.3 is 0 Å². The number of carbonyl (C=O) groups excluding carboxylic acids is 1. The molecular weight excluding hydrogens is 368 g/mol. The third-order valence-corrected chi connectivity index (χ3v) is 5.01. The second-order valence-corrected chi connectivity index (χ2v) is 7.29. The van der Waals surface area contributed by atoms with Crippen molar-refractivity contribution >= 4 is 21.8 Å². The minimum absolute atomic E-state index is 0.0368. The van der Waals surface area contributed by atoms with Gasteiger partial charge in [0.25, 0.3) is 5.91 Å². The topological polar surface area (TPSA) is 50.2 Å². The zero-order valence-electron chi connectivity index (χ0n) is 14.1. The molecule has 5 nitrogen and oxygen atoms in total. The highest BCUT2D eigenvalue weighted by Crippen LogP contribution is 2.20. The van der Waals surface area contributed by atoms with Crippen LogP contribution in [0.4, 0.5) is 0 Å². The molecule has 24 heavy (non-hydrogen) atoms. The Labute approximate surface area is 151 Å². The van der Waals surface area contributed by atoms with Gasteiger partial charge in [-0.05, 0) is 69.6 Å². The number of aryl methyl sites for hydroxylation is 1. The molecule has 0 saturated carbocycles. The summed E-state index contributed by atoms with van der Waals surface area (Å²) in [5.74, 6) is 0.567. The van der Waals surface area contributed by atoms with E-state index in [0.717, 1.165) is 41.9 Å². The van der Waals surface area contributed by atoms with Crippen molar-refractivity contribution in [1.29, 1.82) is 0 Å². The lowest BCUT2D eigenvalue weighted by molar-refractivity contribution is 0.0668. The lowest BCUT2D eigenvalue weighted by Gasteiger charge is -2.32. The second kappa shape index (κ2) is 7.49. The summed E-state index contributed by atoms with van der Waals surface area (Å²) in [5, 5.41) is 7.76. The molecule has 1 atom stereocenters. The van der Waals surface area contributed by atoms with E-state index in [2.05, 4.69) is 26.3 Å². The van der Waals surface area contributed by atoms with Crippen molar-refractivity contribution in [2.24, 2.45) is 5.92 Å². The summed E-state index contributed by atoms with van der Waals surface area (Å²) in [5.41, 5.74) is 2.45. The molecule has 0 spiro atoms. The highest BCUT2D eigenvalue weighted by atomic mass is 79.9. The number of amides is 1. The fourth-order valence-corrected chi connectivity index (χ4v) is 3.55. The van der Waals surface area contributed by atoms with Gasteiger partial charge in [0.05, 0.1) is 5.69 Å². The first-order valence-electron chi connectivity index (χ1n) is 8.35. The van der Waals surface area contributed by atoms with E-state index in [-0.39, 0.29) is 5.91 Å². The van der Waals surface area contributed by atoms with Gasteiger partial charge in [0.2, 0.25) is 0 Å². The number of hydrogen-bond donors (Lipinski definition) is 1. The maximum atomic E-state index is 12.8. The number of aromatic nitrogens is 2. The Morgan fingerprint density at radius 2 is 2.12 bits per heavy atom. The first kappa shape index (κ1) is 17.2. The number of halogens is 1. The predicted molar refractivity (Wildman–Crippen MR) is 98.6 cm³/mol. The van der Waals surface area contributed by atoms with Crippen molar-refractivity contribution < 1.29 is 4.79 Å². The van der Waals surface area contributed by atoms with E-state index in [0.29, 0.717) is 11.6 Å². The van der Waals surface area contributed by atoms with Crippen molar-refractivity contribution in [1.82, 2.24) is 20.0 Å². The van der Waals surface area contributed by atoms with Crippen LogP contribution in [0.2, 0.25) is 0 Å². The second-order valence-electron chi connectivity index (χ2n) is 6.38. The summed E-state index contributed by atoms with van der Waals surface area (Å²) in [4.78, 5) is 14.8. The molecule has 0 aliphatic carbocycles. The summed E-state index contributed by atoms with van der Waals surface area (Å²) < 4.78 is 2.85. The lowest BCUT2D eigenvalue weighted by atomic mass is 9.98. The highest BCUT2D eigenvalue weighted by Gasteiger charge is 2.26. The predicted octanol–water partition coefficient (Wildman–Crippen LogP) is 3.01. The number of carbonyl (C=O) groups is 1. The fourth-order valence-electron chi connectivity index (χ4n) is 3.29. The van der Waals surface area contributed by atoms with E-state index in [9.17, 15) is 4.79 Å². The number of nitrogens with zero attached hydrogens (tertiary/aromatic N) is 3. The molecular formula is C18H23BrN4O. The molecule has 1 unspecified atom stereocenters. The standard InChI is InChI=1S/C18H23BrN4O/c1-13-10-17(21-23(13)16-7-5-15(19)6-8-16)18(24)22-9-3-4-14(12-22)11-20-2/h5-8,10,14,20H,3-4,9,11-12H2,1-2H3. The maximum Gasteiger partial charge on any atom is 0.274 e. The summed E-state index contributed by atoms with van der Waals surface area (Å²) in [6.07, 6.45) is 2.24. The van der Waals surface area contributed by atoms with Crippen molar-refractivity contribution in [3.05, 3.63) is 46.2 Å². The third-order valence-electron chi connectivity index (χ3n) is 4.48. The molecule has 2 aromatic rings. The largest absolute Gasteiger partial charge is 0.337 e. The minimum atomic E-state index is 0.0368. The van der Waals surface area contributed by atoms with Gasteiger partial charge in [-0.15, -0.1) is 0 Å². The van der Waals surface area contributed by atoms with Crippen LogP contribution in [0.25, 0.3) is 5.69 Å². The molecule has 6 heteroatoms. The molecule has 1 aliphatic rings. The summed E-state index contributed by atoms with van der Waals surface area (Å²) in [6, 6.07) is 9.81. The summed E-state index contributed by atoms with van der Waals surface area (Å²) in [6.45, 7) is 4.56. The molecule has 1 N–H and O–H groups in total. The molecule has 2 heterocycles. The van der Waals surface area contributed by atoms with Crippen molar-refractivity contribution in [3.63, 3.8) is 0 Å². The molecule has 3 rings (SSSR count). The van der Waals surface area contributed by atoms with Gasteiger partial charge in [-0.2, -0.15) is 5.10 Å². The molecule has 128 valence electrons. The number of rotatable bonds is 4. The van der Waals surface area contributed by atoms with Crippen LogP contribution in [-0.2, 0) is 0 Å². The van der Waals surface area contributed by atoms with Crippen LogP contribution in [0, 0.1) is 12.8 Å². The number of nitrogens with one attached hydrogen (secondary N) is 1. The number of likely N-dealkylation sites (tertiary alicyclic amines) is 1. The van der Waals surface area contributed by atoms with E-state index < -0.39 is 0 Å². The van der Waals surface area contributed by atoms with Gasteiger partial charge in [-0.25, -0.2) is 4.68 Å². The number of benzene rings is 1. The van der Waals surface area contributed by atoms with Gasteiger partial charge in [-0.3, -0.25) is 4.79 Å². The van der Waals surface area contributed by atoms with Crippen LogP contribution in [-0.4, -0.2) is 47.3 Å². The number of hydrogen-bond acceptors (Lipinski definition) is 3. The first-order chi connectivity index (χ1) is 11.6. The normalized spacial score (nSPS) is 18.0. The van der Waals surface area contributed by atoms with E-state index in [1.807, 2.05) is 53.9 Å². The Balaban J connectivity index is 1.78. The van der Waals surface area contributed by atoms with Gasteiger partial charge < -0.3 is 10.2 Å². The maximum absolute atomic E-state index is 12.8. The Morgan fingerprint density at radius 3 is 2.83 bits per heavy atom. The Hall–Kier alpha value is -1.66. The van der Waals surface area contributed by atoms with Gasteiger partial charge in [0.15, 0.2) is 5.69 Å². The number of piperidine rings is 1. The summed E-state index contributed by atoms with van der Waals surface area (Å²) in [7, 11) is 1.96. The van der Waals surface area contributed by atoms with Gasteiger partial charge in [0.1, 0.15) is 0 Å².